The number of fused-ring (bicyclic) bond motifs is 2. The van der Waals surface area contributed by atoms with E-state index in [-0.39, 0.29) is 16.7 Å². The normalized spacial score (nSPS) is 18.1. The zero-order valence-corrected chi connectivity index (χ0v) is 17.0. The Morgan fingerprint density at radius 3 is 2.67 bits per heavy atom. The van der Waals surface area contributed by atoms with Gasteiger partial charge in [-0.3, -0.25) is 9.78 Å². The number of benzene rings is 2. The number of hydrogen-bond donors (Lipinski definition) is 1. The van der Waals surface area contributed by atoms with Gasteiger partial charge in [-0.1, -0.05) is 24.3 Å². The molecule has 8 heteroatoms. The number of piperidine rings is 1. The molecule has 0 radical (unpaired) electrons. The highest BCUT2D eigenvalue weighted by molar-refractivity contribution is 7.90. The van der Waals surface area contributed by atoms with E-state index in [0.717, 1.165) is 16.5 Å². The molecule has 7 nitrogen and oxygen atoms in total. The Labute approximate surface area is 174 Å². The summed E-state index contributed by atoms with van der Waals surface area (Å²) in [5.41, 5.74) is 1.42. The number of nitrogens with one attached hydrogen (secondary N) is 1. The first-order chi connectivity index (χ1) is 14.5. The maximum atomic E-state index is 12.9. The Morgan fingerprint density at radius 2 is 1.83 bits per heavy atom. The number of aromatic nitrogens is 1. The first-order valence-electron chi connectivity index (χ1n) is 9.86. The third-order valence-electron chi connectivity index (χ3n) is 5.72. The summed E-state index contributed by atoms with van der Waals surface area (Å²) in [6.07, 6.45) is 4.77. The fourth-order valence-corrected chi connectivity index (χ4v) is 5.36. The Hall–Kier alpha value is -3.26. The van der Waals surface area contributed by atoms with Crippen molar-refractivity contribution in [1.82, 2.24) is 9.88 Å². The molecule has 152 valence electrons. The Bertz CT molecular complexity index is 1270. The summed E-state index contributed by atoms with van der Waals surface area (Å²) in [6, 6.07) is 14.5. The van der Waals surface area contributed by atoms with Gasteiger partial charge in [-0.25, -0.2) is 0 Å². The number of sulfonamides is 1. The van der Waals surface area contributed by atoms with Crippen molar-refractivity contribution in [2.24, 2.45) is 10.3 Å². The lowest BCUT2D eigenvalue weighted by Crippen LogP contribution is -2.41. The summed E-state index contributed by atoms with van der Waals surface area (Å²) in [4.78, 5) is 19.2. The quantitative estimate of drug-likeness (QED) is 0.688. The summed E-state index contributed by atoms with van der Waals surface area (Å²) < 4.78 is 28.6. The smallest absolute Gasteiger partial charge is 0.285 e. The van der Waals surface area contributed by atoms with Crippen LogP contribution >= 0.6 is 0 Å². The van der Waals surface area contributed by atoms with Gasteiger partial charge in [0.05, 0.1) is 0 Å². The summed E-state index contributed by atoms with van der Waals surface area (Å²) >= 11 is 0. The summed E-state index contributed by atoms with van der Waals surface area (Å²) in [5.74, 6) is 0.346. The van der Waals surface area contributed by atoms with Gasteiger partial charge in [0, 0.05) is 53.4 Å². The topological polar surface area (TPSA) is 91.7 Å². The maximum Gasteiger partial charge on any atom is 0.285 e. The molecule has 5 rings (SSSR count). The average molecular weight is 420 g/mol. The van der Waals surface area contributed by atoms with E-state index in [2.05, 4.69) is 14.7 Å². The minimum Gasteiger partial charge on any atom is -0.355 e. The Morgan fingerprint density at radius 1 is 1.03 bits per heavy atom. The van der Waals surface area contributed by atoms with Crippen molar-refractivity contribution in [2.75, 3.05) is 18.4 Å². The number of amidine groups is 1. The molecule has 1 N–H and O–H groups in total. The third kappa shape index (κ3) is 3.23. The largest absolute Gasteiger partial charge is 0.355 e. The number of amides is 1. The van der Waals surface area contributed by atoms with Crippen molar-refractivity contribution in [3.05, 3.63) is 66.5 Å². The van der Waals surface area contributed by atoms with Crippen LogP contribution in [0.1, 0.15) is 18.4 Å². The van der Waals surface area contributed by atoms with Crippen LogP contribution in [-0.4, -0.2) is 43.1 Å². The molecule has 2 aliphatic rings. The number of anilines is 1. The van der Waals surface area contributed by atoms with Gasteiger partial charge in [0.25, 0.3) is 10.0 Å². The van der Waals surface area contributed by atoms with E-state index in [1.165, 1.54) is 0 Å². The fraction of sp³-hybridized carbons (Fsp3) is 0.227. The minimum atomic E-state index is -3.63. The molecule has 0 aliphatic carbocycles. The second-order valence-electron chi connectivity index (χ2n) is 7.54. The van der Waals surface area contributed by atoms with E-state index in [1.807, 2.05) is 35.2 Å². The number of rotatable bonds is 2. The molecule has 1 saturated heterocycles. The molecule has 0 spiro atoms. The van der Waals surface area contributed by atoms with E-state index >= 15 is 0 Å². The van der Waals surface area contributed by atoms with Gasteiger partial charge in [0.15, 0.2) is 5.84 Å². The monoisotopic (exact) mass is 420 g/mol. The molecule has 3 aromatic rings. The third-order valence-corrected chi connectivity index (χ3v) is 7.04. The van der Waals surface area contributed by atoms with Crippen LogP contribution in [0, 0.1) is 5.92 Å². The lowest BCUT2D eigenvalue weighted by molar-refractivity contribution is -0.120. The maximum absolute atomic E-state index is 12.9. The molecule has 1 aromatic heterocycles. The van der Waals surface area contributed by atoms with E-state index in [4.69, 9.17) is 0 Å². The van der Waals surface area contributed by atoms with E-state index < -0.39 is 10.0 Å². The van der Waals surface area contributed by atoms with Gasteiger partial charge in [-0.15, -0.1) is 4.40 Å². The second kappa shape index (κ2) is 7.21. The van der Waals surface area contributed by atoms with Gasteiger partial charge in [0.1, 0.15) is 4.90 Å². The van der Waals surface area contributed by atoms with Gasteiger partial charge in [-0.2, -0.15) is 8.42 Å². The fourth-order valence-electron chi connectivity index (χ4n) is 4.14. The molecule has 1 amide bonds. The number of carbonyl (C=O) groups is 1. The molecule has 0 saturated carbocycles. The Balaban J connectivity index is 1.29. The first-order valence-corrected chi connectivity index (χ1v) is 11.3. The van der Waals surface area contributed by atoms with Gasteiger partial charge >= 0.3 is 0 Å². The van der Waals surface area contributed by atoms with Crippen molar-refractivity contribution in [3.63, 3.8) is 0 Å². The number of pyridine rings is 1. The van der Waals surface area contributed by atoms with Gasteiger partial charge in [0.2, 0.25) is 5.91 Å². The van der Waals surface area contributed by atoms with Crippen LogP contribution in [-0.2, 0) is 14.8 Å². The molecule has 0 unspecified atom stereocenters. The molecule has 2 aromatic carbocycles. The molecule has 30 heavy (non-hydrogen) atoms. The Kier molecular flexibility index (Phi) is 4.51. The van der Waals surface area contributed by atoms with Crippen LogP contribution in [0.25, 0.3) is 10.8 Å². The van der Waals surface area contributed by atoms with Crippen molar-refractivity contribution < 1.29 is 13.2 Å². The molecule has 3 heterocycles. The lowest BCUT2D eigenvalue weighted by Gasteiger charge is -2.32. The van der Waals surface area contributed by atoms with Crippen molar-refractivity contribution in [1.29, 1.82) is 0 Å². The van der Waals surface area contributed by atoms with Crippen LogP contribution in [0.4, 0.5) is 5.69 Å². The highest BCUT2D eigenvalue weighted by Crippen LogP contribution is 2.30. The van der Waals surface area contributed by atoms with Crippen LogP contribution in [0.5, 0.6) is 0 Å². The van der Waals surface area contributed by atoms with E-state index in [1.54, 1.807) is 30.6 Å². The number of likely N-dealkylation sites (tertiary alicyclic amines) is 1. The highest BCUT2D eigenvalue weighted by Gasteiger charge is 2.34. The van der Waals surface area contributed by atoms with Crippen molar-refractivity contribution in [2.45, 2.75) is 17.7 Å². The molecule has 0 bridgehead atoms. The van der Waals surface area contributed by atoms with Gasteiger partial charge in [-0.05, 0) is 37.1 Å². The zero-order chi connectivity index (χ0) is 20.7. The van der Waals surface area contributed by atoms with E-state index in [0.29, 0.717) is 37.3 Å². The summed E-state index contributed by atoms with van der Waals surface area (Å²) in [7, 11) is -3.63. The zero-order valence-electron chi connectivity index (χ0n) is 16.2. The number of carbonyl (C=O) groups excluding carboxylic acids is 1. The minimum absolute atomic E-state index is 0.0136. The predicted molar refractivity (Wildman–Crippen MR) is 115 cm³/mol. The standard InChI is InChI=1S/C22H20N4O3S/c27-22(24-19-6-3-4-16-14-23-11-8-17(16)19)15-9-12-26(13-10-15)21-18-5-1-2-7-20(18)30(28,29)25-21/h1-8,11,14-15H,9-10,12-13H2,(H,24,27). The van der Waals surface area contributed by atoms with Crippen LogP contribution in [0.2, 0.25) is 0 Å². The van der Waals surface area contributed by atoms with Crippen molar-refractivity contribution >= 4 is 38.2 Å². The lowest BCUT2D eigenvalue weighted by atomic mass is 9.95. The molecular formula is C22H20N4O3S. The summed E-state index contributed by atoms with van der Waals surface area (Å²) in [6.45, 7) is 1.17. The van der Waals surface area contributed by atoms with Crippen LogP contribution in [0.3, 0.4) is 0 Å². The molecule has 0 atom stereocenters. The SMILES string of the molecule is O=C(Nc1cccc2cnccc12)C1CCN(C2=NS(=O)(=O)c3ccccc32)CC1. The van der Waals surface area contributed by atoms with Gasteiger partial charge < -0.3 is 10.2 Å². The van der Waals surface area contributed by atoms with Crippen molar-refractivity contribution in [3.8, 4) is 0 Å². The van der Waals surface area contributed by atoms with Crippen LogP contribution < -0.4 is 5.32 Å². The van der Waals surface area contributed by atoms with E-state index in [9.17, 15) is 13.2 Å². The molecular weight excluding hydrogens is 400 g/mol. The van der Waals surface area contributed by atoms with Crippen LogP contribution in [0.15, 0.2) is 70.2 Å². The molecule has 1 fully saturated rings. The second-order valence-corrected chi connectivity index (χ2v) is 9.11. The average Bonchev–Trinajstić information content (AvgIpc) is 3.05. The highest BCUT2D eigenvalue weighted by atomic mass is 32.2. The first kappa shape index (κ1) is 18.7. The number of hydrogen-bond acceptors (Lipinski definition) is 5. The predicted octanol–water partition coefficient (Wildman–Crippen LogP) is 3.03. The molecule has 2 aliphatic heterocycles. The number of nitrogens with zero attached hydrogens (tertiary/aromatic N) is 3. The summed E-state index contributed by atoms with van der Waals surface area (Å²) in [5, 5.41) is 4.99.